The Labute approximate surface area is 86.4 Å². The maximum Gasteiger partial charge on any atom is 0.0168 e. The topological polar surface area (TPSA) is 0 Å². The van der Waals surface area contributed by atoms with E-state index in [9.17, 15) is 0 Å². The fourth-order valence-corrected chi connectivity index (χ4v) is 4.01. The number of rotatable bonds is 1. The Morgan fingerprint density at radius 1 is 1.43 bits per heavy atom. The average molecular weight is 186 g/mol. The summed E-state index contributed by atoms with van der Waals surface area (Å²) in [7, 11) is 0. The third-order valence-corrected chi connectivity index (χ3v) is 4.88. The van der Waals surface area contributed by atoms with Crippen LogP contribution in [-0.2, 0) is 0 Å². The first-order valence-corrected chi connectivity index (χ1v) is 5.73. The monoisotopic (exact) mass is 186 g/mol. The molecule has 3 aliphatic carbocycles. The lowest BCUT2D eigenvalue weighted by Gasteiger charge is -2.42. The quantitative estimate of drug-likeness (QED) is 0.545. The fourth-order valence-electron chi connectivity index (χ4n) is 4.01. The van der Waals surface area contributed by atoms with Crippen LogP contribution in [0.2, 0.25) is 0 Å². The highest BCUT2D eigenvalue weighted by atomic mass is 14.6. The van der Waals surface area contributed by atoms with Crippen molar-refractivity contribution in [3.05, 3.63) is 35.5 Å². The van der Waals surface area contributed by atoms with Gasteiger partial charge >= 0.3 is 0 Å². The van der Waals surface area contributed by atoms with Crippen LogP contribution in [0.3, 0.4) is 0 Å². The molecule has 3 unspecified atom stereocenters. The van der Waals surface area contributed by atoms with E-state index in [2.05, 4.69) is 27.0 Å². The Hall–Kier alpha value is -0.780. The van der Waals surface area contributed by atoms with E-state index in [4.69, 9.17) is 0 Å². The molecule has 0 saturated heterocycles. The van der Waals surface area contributed by atoms with Crippen LogP contribution in [0.4, 0.5) is 0 Å². The van der Waals surface area contributed by atoms with E-state index in [1.807, 2.05) is 0 Å². The number of fused-ring (bicyclic) bond motifs is 4. The molecule has 0 spiro atoms. The maximum atomic E-state index is 4.27. The summed E-state index contributed by atoms with van der Waals surface area (Å²) in [6.45, 7) is 13.2. The van der Waals surface area contributed by atoms with Crippen LogP contribution >= 0.6 is 0 Å². The molecule has 0 heteroatoms. The molecule has 0 N–H and O–H groups in total. The van der Waals surface area contributed by atoms with Gasteiger partial charge in [-0.25, -0.2) is 0 Å². The Morgan fingerprint density at radius 2 is 2.14 bits per heavy atom. The Bertz CT molecular complexity index is 383. The van der Waals surface area contributed by atoms with E-state index in [0.29, 0.717) is 11.3 Å². The number of hydrogen-bond donors (Lipinski definition) is 0. The first-order valence-electron chi connectivity index (χ1n) is 5.73. The maximum absolute atomic E-state index is 4.27. The molecule has 3 rings (SSSR count). The molecular weight excluding hydrogens is 168 g/mol. The predicted octanol–water partition coefficient (Wildman–Crippen LogP) is 3.87. The second kappa shape index (κ2) is 2.24. The van der Waals surface area contributed by atoms with Crippen LogP contribution in [0.15, 0.2) is 35.5 Å². The van der Waals surface area contributed by atoms with Gasteiger partial charge in [0, 0.05) is 11.3 Å². The van der Waals surface area contributed by atoms with Gasteiger partial charge in [0.25, 0.3) is 0 Å². The van der Waals surface area contributed by atoms with E-state index >= 15 is 0 Å². The predicted molar refractivity (Wildman–Crippen MR) is 59.9 cm³/mol. The van der Waals surface area contributed by atoms with Crippen molar-refractivity contribution in [3.63, 3.8) is 0 Å². The van der Waals surface area contributed by atoms with Crippen LogP contribution in [0.5, 0.6) is 0 Å². The molecule has 14 heavy (non-hydrogen) atoms. The molecule has 1 saturated carbocycles. The lowest BCUT2D eigenvalue weighted by atomic mass is 9.62. The van der Waals surface area contributed by atoms with E-state index in [0.717, 1.165) is 5.92 Å². The summed E-state index contributed by atoms with van der Waals surface area (Å²) in [6.07, 6.45) is 3.86. The highest BCUT2D eigenvalue weighted by Crippen LogP contribution is 2.70. The minimum Gasteiger partial charge on any atom is -0.0949 e. The molecule has 0 aromatic rings. The standard InChI is InChI=1S/C14H18/c1-5-14-7-11(9(3)10(14)4)13-8(2)6-12(13)14/h8,11H,3-7H2,1-2H3. The van der Waals surface area contributed by atoms with Gasteiger partial charge in [-0.2, -0.15) is 0 Å². The van der Waals surface area contributed by atoms with E-state index in [1.54, 1.807) is 11.1 Å². The largest absolute Gasteiger partial charge is 0.0949 e. The van der Waals surface area contributed by atoms with Crippen molar-refractivity contribution in [1.29, 1.82) is 0 Å². The van der Waals surface area contributed by atoms with Crippen molar-refractivity contribution in [2.75, 3.05) is 0 Å². The first-order chi connectivity index (χ1) is 6.62. The van der Waals surface area contributed by atoms with Gasteiger partial charge in [0.15, 0.2) is 0 Å². The third-order valence-electron chi connectivity index (χ3n) is 4.88. The van der Waals surface area contributed by atoms with Gasteiger partial charge in [0.1, 0.15) is 0 Å². The zero-order chi connectivity index (χ0) is 10.1. The molecule has 0 heterocycles. The zero-order valence-electron chi connectivity index (χ0n) is 9.19. The molecule has 1 fully saturated rings. The molecule has 0 aliphatic heterocycles. The Balaban J connectivity index is 2.19. The summed E-state index contributed by atoms with van der Waals surface area (Å²) < 4.78 is 0. The minimum atomic E-state index is 0.365. The van der Waals surface area contributed by atoms with Gasteiger partial charge in [-0.3, -0.25) is 0 Å². The summed E-state index contributed by atoms with van der Waals surface area (Å²) in [5, 5.41) is 0. The van der Waals surface area contributed by atoms with E-state index in [-0.39, 0.29) is 0 Å². The van der Waals surface area contributed by atoms with Crippen molar-refractivity contribution >= 4 is 0 Å². The minimum absolute atomic E-state index is 0.365. The van der Waals surface area contributed by atoms with E-state index in [1.165, 1.54) is 30.4 Å². The second-order valence-corrected chi connectivity index (χ2v) is 5.24. The van der Waals surface area contributed by atoms with Crippen LogP contribution < -0.4 is 0 Å². The van der Waals surface area contributed by atoms with Gasteiger partial charge in [-0.1, -0.05) is 38.2 Å². The summed E-state index contributed by atoms with van der Waals surface area (Å²) in [5.41, 5.74) is 6.55. The van der Waals surface area contributed by atoms with Gasteiger partial charge in [0.2, 0.25) is 0 Å². The van der Waals surface area contributed by atoms with Gasteiger partial charge in [-0.05, 0) is 36.3 Å². The van der Waals surface area contributed by atoms with Crippen molar-refractivity contribution < 1.29 is 0 Å². The summed E-state index contributed by atoms with van der Waals surface area (Å²) in [5.74, 6) is 1.51. The molecule has 3 aliphatic rings. The van der Waals surface area contributed by atoms with Gasteiger partial charge in [-0.15, -0.1) is 0 Å². The van der Waals surface area contributed by atoms with Crippen molar-refractivity contribution in [3.8, 4) is 0 Å². The molecule has 0 aromatic carbocycles. The average Bonchev–Trinajstić information content (AvgIpc) is 2.56. The van der Waals surface area contributed by atoms with Gasteiger partial charge < -0.3 is 0 Å². The number of hydrogen-bond acceptors (Lipinski definition) is 0. The van der Waals surface area contributed by atoms with Crippen molar-refractivity contribution in [1.82, 2.24) is 0 Å². The number of allylic oxidation sites excluding steroid dienone is 4. The summed E-state index contributed by atoms with van der Waals surface area (Å²) in [4.78, 5) is 0. The lowest BCUT2D eigenvalue weighted by molar-refractivity contribution is 0.404. The second-order valence-electron chi connectivity index (χ2n) is 5.24. The third kappa shape index (κ3) is 0.627. The molecular formula is C14H18. The highest BCUT2D eigenvalue weighted by molar-refractivity contribution is 5.61. The fraction of sp³-hybridized carbons (Fsp3) is 0.571. The summed E-state index contributed by atoms with van der Waals surface area (Å²) in [6, 6.07) is 0. The SMILES string of the molecule is C=C1C(=C)C2(CC)CC1C1=C2CC1C. The lowest BCUT2D eigenvalue weighted by Crippen LogP contribution is -2.29. The smallest absolute Gasteiger partial charge is 0.0168 e. The Kier molecular flexibility index (Phi) is 1.36. The molecule has 0 aromatic heterocycles. The van der Waals surface area contributed by atoms with E-state index < -0.39 is 0 Å². The highest BCUT2D eigenvalue weighted by Gasteiger charge is 2.58. The molecule has 0 amide bonds. The molecule has 2 bridgehead atoms. The molecule has 74 valence electrons. The van der Waals surface area contributed by atoms with Crippen molar-refractivity contribution in [2.45, 2.75) is 33.1 Å². The Morgan fingerprint density at radius 3 is 2.71 bits per heavy atom. The van der Waals surface area contributed by atoms with Gasteiger partial charge in [0.05, 0.1) is 0 Å². The normalized spacial score (nSPS) is 44.4. The molecule has 0 radical (unpaired) electrons. The van der Waals surface area contributed by atoms with Crippen molar-refractivity contribution in [2.24, 2.45) is 17.3 Å². The first kappa shape index (κ1) is 8.52. The van der Waals surface area contributed by atoms with Crippen LogP contribution in [-0.4, -0.2) is 0 Å². The molecule has 3 atom stereocenters. The van der Waals surface area contributed by atoms with Crippen LogP contribution in [0.1, 0.15) is 33.1 Å². The van der Waals surface area contributed by atoms with Crippen LogP contribution in [0, 0.1) is 17.3 Å². The molecule has 0 nitrogen and oxygen atoms in total. The van der Waals surface area contributed by atoms with Crippen LogP contribution in [0.25, 0.3) is 0 Å². The zero-order valence-corrected chi connectivity index (χ0v) is 9.19. The summed E-state index contributed by atoms with van der Waals surface area (Å²) >= 11 is 0.